The molecule has 112 valence electrons. The van der Waals surface area contributed by atoms with E-state index < -0.39 is 0 Å². The van der Waals surface area contributed by atoms with E-state index in [0.717, 1.165) is 18.6 Å². The first-order valence-corrected chi connectivity index (χ1v) is 7.20. The highest BCUT2D eigenvalue weighted by Gasteiger charge is 2.09. The number of nitrogens with one attached hydrogen (secondary N) is 2. The van der Waals surface area contributed by atoms with E-state index in [-0.39, 0.29) is 12.1 Å². The smallest absolute Gasteiger partial charge is 0.315 e. The Hall–Kier alpha value is -1.71. The van der Waals surface area contributed by atoms with Gasteiger partial charge in [-0.1, -0.05) is 26.0 Å². The molecule has 2 N–H and O–H groups in total. The highest BCUT2D eigenvalue weighted by Crippen LogP contribution is 2.12. The van der Waals surface area contributed by atoms with Crippen molar-refractivity contribution in [2.45, 2.75) is 39.7 Å². The first kappa shape index (κ1) is 16.3. The summed E-state index contributed by atoms with van der Waals surface area (Å²) < 4.78 is 5.12. The molecule has 0 aliphatic heterocycles. The van der Waals surface area contributed by atoms with Crippen LogP contribution in [-0.2, 0) is 6.42 Å². The van der Waals surface area contributed by atoms with Crippen LogP contribution in [0, 0.1) is 5.92 Å². The molecule has 4 nitrogen and oxygen atoms in total. The lowest BCUT2D eigenvalue weighted by molar-refractivity contribution is 0.234. The molecular weight excluding hydrogens is 252 g/mol. The first-order chi connectivity index (χ1) is 9.52. The van der Waals surface area contributed by atoms with Crippen molar-refractivity contribution in [1.29, 1.82) is 0 Å². The Morgan fingerprint density at radius 3 is 2.40 bits per heavy atom. The Morgan fingerprint density at radius 1 is 1.20 bits per heavy atom. The summed E-state index contributed by atoms with van der Waals surface area (Å²) >= 11 is 0. The van der Waals surface area contributed by atoms with Gasteiger partial charge in [0.05, 0.1) is 7.11 Å². The molecular formula is C16H26N2O2. The second-order valence-electron chi connectivity index (χ2n) is 5.38. The summed E-state index contributed by atoms with van der Waals surface area (Å²) in [5.41, 5.74) is 1.25. The average Bonchev–Trinajstić information content (AvgIpc) is 2.44. The minimum atomic E-state index is -0.0825. The Morgan fingerprint density at radius 2 is 1.85 bits per heavy atom. The molecule has 1 unspecified atom stereocenters. The monoisotopic (exact) mass is 278 g/mol. The van der Waals surface area contributed by atoms with Crippen LogP contribution in [0.25, 0.3) is 0 Å². The van der Waals surface area contributed by atoms with Gasteiger partial charge in [0.1, 0.15) is 5.75 Å². The number of benzene rings is 1. The van der Waals surface area contributed by atoms with Gasteiger partial charge in [-0.3, -0.25) is 0 Å². The van der Waals surface area contributed by atoms with E-state index in [1.807, 2.05) is 19.1 Å². The van der Waals surface area contributed by atoms with Gasteiger partial charge in [0.25, 0.3) is 0 Å². The molecule has 1 rings (SSSR count). The normalized spacial score (nSPS) is 12.1. The second kappa shape index (κ2) is 8.46. The Labute approximate surface area is 121 Å². The van der Waals surface area contributed by atoms with Gasteiger partial charge in [-0.2, -0.15) is 0 Å². The van der Waals surface area contributed by atoms with Crippen LogP contribution in [0.1, 0.15) is 32.8 Å². The van der Waals surface area contributed by atoms with Crippen LogP contribution < -0.4 is 15.4 Å². The second-order valence-corrected chi connectivity index (χ2v) is 5.38. The molecule has 2 amide bonds. The van der Waals surface area contributed by atoms with Crippen LogP contribution in [-0.4, -0.2) is 25.7 Å². The van der Waals surface area contributed by atoms with Crippen LogP contribution in [0.2, 0.25) is 0 Å². The maximum absolute atomic E-state index is 11.6. The fourth-order valence-electron chi connectivity index (χ4n) is 1.71. The molecule has 0 fully saturated rings. The number of amides is 2. The van der Waals surface area contributed by atoms with Gasteiger partial charge >= 0.3 is 6.03 Å². The minimum absolute atomic E-state index is 0.0825. The third-order valence-electron chi connectivity index (χ3n) is 3.45. The van der Waals surface area contributed by atoms with E-state index in [1.165, 1.54) is 5.56 Å². The summed E-state index contributed by atoms with van der Waals surface area (Å²) in [5, 5.41) is 5.81. The molecule has 0 aromatic heterocycles. The number of urea groups is 1. The van der Waals surface area contributed by atoms with E-state index in [4.69, 9.17) is 4.74 Å². The number of hydrogen-bond donors (Lipinski definition) is 2. The Bertz CT molecular complexity index is 401. The third-order valence-corrected chi connectivity index (χ3v) is 3.45. The molecule has 1 aromatic carbocycles. The first-order valence-electron chi connectivity index (χ1n) is 7.20. The predicted molar refractivity (Wildman–Crippen MR) is 82.1 cm³/mol. The Balaban J connectivity index is 2.19. The van der Waals surface area contributed by atoms with Gasteiger partial charge in [-0.15, -0.1) is 0 Å². The van der Waals surface area contributed by atoms with Gasteiger partial charge in [-0.05, 0) is 43.4 Å². The lowest BCUT2D eigenvalue weighted by Crippen LogP contribution is -2.43. The van der Waals surface area contributed by atoms with Gasteiger partial charge in [0.15, 0.2) is 0 Å². The summed E-state index contributed by atoms with van der Waals surface area (Å²) in [6.45, 7) is 6.88. The number of carbonyl (C=O) groups is 1. The molecule has 0 saturated heterocycles. The quantitative estimate of drug-likeness (QED) is 0.753. The zero-order valence-corrected chi connectivity index (χ0v) is 12.9. The summed E-state index contributed by atoms with van der Waals surface area (Å²) in [7, 11) is 1.66. The van der Waals surface area contributed by atoms with Crippen molar-refractivity contribution in [1.82, 2.24) is 10.6 Å². The molecule has 1 aromatic rings. The van der Waals surface area contributed by atoms with E-state index in [1.54, 1.807) is 7.11 Å². The molecule has 20 heavy (non-hydrogen) atoms. The summed E-state index contributed by atoms with van der Waals surface area (Å²) in [6.07, 6.45) is 1.87. The zero-order chi connectivity index (χ0) is 15.0. The number of aryl methyl sites for hydroxylation is 1. The lowest BCUT2D eigenvalue weighted by atomic mass is 10.1. The number of ether oxygens (including phenoxy) is 1. The molecule has 0 radical (unpaired) electrons. The summed E-state index contributed by atoms with van der Waals surface area (Å²) in [4.78, 5) is 11.6. The van der Waals surface area contributed by atoms with E-state index in [9.17, 15) is 4.79 Å². The summed E-state index contributed by atoms with van der Waals surface area (Å²) in [5.74, 6) is 1.31. The van der Waals surface area contributed by atoms with Crippen LogP contribution in [0.3, 0.4) is 0 Å². The van der Waals surface area contributed by atoms with Crippen molar-refractivity contribution in [3.8, 4) is 5.75 Å². The highest BCUT2D eigenvalue weighted by molar-refractivity contribution is 5.74. The SMILES string of the molecule is COc1ccc(CCCNC(=O)NC(C)C(C)C)cc1. The van der Waals surface area contributed by atoms with Crippen LogP contribution in [0.4, 0.5) is 4.79 Å². The van der Waals surface area contributed by atoms with Crippen molar-refractivity contribution in [3.63, 3.8) is 0 Å². The van der Waals surface area contributed by atoms with E-state index in [2.05, 4.69) is 36.6 Å². The van der Waals surface area contributed by atoms with E-state index in [0.29, 0.717) is 12.5 Å². The van der Waals surface area contributed by atoms with Crippen LogP contribution >= 0.6 is 0 Å². The maximum atomic E-state index is 11.6. The van der Waals surface area contributed by atoms with Crippen molar-refractivity contribution in [2.75, 3.05) is 13.7 Å². The van der Waals surface area contributed by atoms with Gasteiger partial charge < -0.3 is 15.4 Å². The van der Waals surface area contributed by atoms with Gasteiger partial charge in [0, 0.05) is 12.6 Å². The fourth-order valence-corrected chi connectivity index (χ4v) is 1.71. The van der Waals surface area contributed by atoms with E-state index >= 15 is 0 Å². The summed E-state index contributed by atoms with van der Waals surface area (Å²) in [6, 6.07) is 8.14. The third kappa shape index (κ3) is 5.95. The standard InChI is InChI=1S/C16H26N2O2/c1-12(2)13(3)18-16(19)17-11-5-6-14-7-9-15(20-4)10-8-14/h7-10,12-13H,5-6,11H2,1-4H3,(H2,17,18,19). The van der Waals surface area contributed by atoms with Crippen LogP contribution in [0.15, 0.2) is 24.3 Å². The maximum Gasteiger partial charge on any atom is 0.315 e. The molecule has 0 aliphatic rings. The van der Waals surface area contributed by atoms with Crippen molar-refractivity contribution in [2.24, 2.45) is 5.92 Å². The molecule has 0 heterocycles. The lowest BCUT2D eigenvalue weighted by Gasteiger charge is -2.17. The van der Waals surface area contributed by atoms with Crippen molar-refractivity contribution in [3.05, 3.63) is 29.8 Å². The van der Waals surface area contributed by atoms with Crippen molar-refractivity contribution < 1.29 is 9.53 Å². The van der Waals surface area contributed by atoms with Gasteiger partial charge in [0.2, 0.25) is 0 Å². The highest BCUT2D eigenvalue weighted by atomic mass is 16.5. The number of methoxy groups -OCH3 is 1. The number of carbonyl (C=O) groups excluding carboxylic acids is 1. The van der Waals surface area contributed by atoms with Crippen molar-refractivity contribution >= 4 is 6.03 Å². The fraction of sp³-hybridized carbons (Fsp3) is 0.562. The zero-order valence-electron chi connectivity index (χ0n) is 12.9. The molecule has 0 saturated carbocycles. The molecule has 0 bridgehead atoms. The topological polar surface area (TPSA) is 50.4 Å². The minimum Gasteiger partial charge on any atom is -0.497 e. The number of rotatable bonds is 7. The van der Waals surface area contributed by atoms with Crippen LogP contribution in [0.5, 0.6) is 5.75 Å². The molecule has 0 aliphatic carbocycles. The Kier molecular flexibility index (Phi) is 6.91. The molecule has 4 heteroatoms. The molecule has 1 atom stereocenters. The van der Waals surface area contributed by atoms with Gasteiger partial charge in [-0.25, -0.2) is 4.79 Å². The molecule has 0 spiro atoms. The predicted octanol–water partition coefficient (Wildman–Crippen LogP) is 2.97. The number of hydrogen-bond acceptors (Lipinski definition) is 2. The average molecular weight is 278 g/mol. The largest absolute Gasteiger partial charge is 0.497 e.